The van der Waals surface area contributed by atoms with E-state index in [4.69, 9.17) is 0 Å². The number of hydrogen-bond acceptors (Lipinski definition) is 3. The van der Waals surface area contributed by atoms with Crippen molar-refractivity contribution in [1.29, 1.82) is 0 Å². The number of rotatable bonds is 3. The molecule has 3 nitrogen and oxygen atoms in total. The van der Waals surface area contributed by atoms with Crippen molar-refractivity contribution < 1.29 is 4.39 Å². The molecule has 0 unspecified atom stereocenters. The Balaban J connectivity index is 1.94. The van der Waals surface area contributed by atoms with Crippen LogP contribution in [0.1, 0.15) is 16.3 Å². The Bertz CT molecular complexity index is 1140. The molecule has 0 amide bonds. The second kappa shape index (κ2) is 6.50. The molecule has 0 saturated carbocycles. The fraction of sp³-hybridized carbons (Fsp3) is 0.143. The summed E-state index contributed by atoms with van der Waals surface area (Å²) in [6.45, 7) is 4.31. The number of aryl methyl sites for hydroxylation is 2. The van der Waals surface area contributed by atoms with Gasteiger partial charge in [0, 0.05) is 10.4 Å². The van der Waals surface area contributed by atoms with Crippen molar-refractivity contribution in [1.82, 2.24) is 9.55 Å². The third kappa shape index (κ3) is 2.84. The van der Waals surface area contributed by atoms with Gasteiger partial charge in [0.2, 0.25) is 0 Å². The van der Waals surface area contributed by atoms with Crippen LogP contribution in [0, 0.1) is 19.7 Å². The SMILES string of the molecule is Cc1sc2nc(C)n(Cc3ccccc3)c(=O)c2c1-c1ccc(F)cc1. The van der Waals surface area contributed by atoms with Gasteiger partial charge in [-0.25, -0.2) is 9.37 Å². The second-order valence-corrected chi connectivity index (χ2v) is 7.46. The van der Waals surface area contributed by atoms with E-state index in [1.54, 1.807) is 16.7 Å². The monoisotopic (exact) mass is 364 g/mol. The second-order valence-electron chi connectivity index (χ2n) is 6.26. The van der Waals surface area contributed by atoms with E-state index in [9.17, 15) is 9.18 Å². The van der Waals surface area contributed by atoms with Crippen molar-refractivity contribution in [3.63, 3.8) is 0 Å². The van der Waals surface area contributed by atoms with Gasteiger partial charge in [-0.1, -0.05) is 42.5 Å². The first-order valence-electron chi connectivity index (χ1n) is 8.35. The zero-order valence-electron chi connectivity index (χ0n) is 14.5. The molecule has 2 heterocycles. The van der Waals surface area contributed by atoms with Gasteiger partial charge in [-0.2, -0.15) is 0 Å². The summed E-state index contributed by atoms with van der Waals surface area (Å²) >= 11 is 1.50. The van der Waals surface area contributed by atoms with Crippen molar-refractivity contribution in [3.05, 3.63) is 87.0 Å². The summed E-state index contributed by atoms with van der Waals surface area (Å²) in [5, 5.41) is 0.612. The first kappa shape index (κ1) is 16.7. The van der Waals surface area contributed by atoms with Gasteiger partial charge in [-0.15, -0.1) is 11.3 Å². The lowest BCUT2D eigenvalue weighted by Gasteiger charge is -2.10. The summed E-state index contributed by atoms with van der Waals surface area (Å²) in [7, 11) is 0. The first-order valence-corrected chi connectivity index (χ1v) is 9.16. The summed E-state index contributed by atoms with van der Waals surface area (Å²) in [4.78, 5) is 19.7. The largest absolute Gasteiger partial charge is 0.292 e. The van der Waals surface area contributed by atoms with Crippen molar-refractivity contribution in [2.75, 3.05) is 0 Å². The first-order chi connectivity index (χ1) is 12.5. The van der Waals surface area contributed by atoms with Crippen LogP contribution in [0.4, 0.5) is 4.39 Å². The quantitative estimate of drug-likeness (QED) is 0.517. The van der Waals surface area contributed by atoms with E-state index >= 15 is 0 Å². The highest BCUT2D eigenvalue weighted by atomic mass is 32.1. The van der Waals surface area contributed by atoms with Gasteiger partial charge in [0.25, 0.3) is 5.56 Å². The standard InChI is InChI=1S/C21H17FN2OS/c1-13-18(16-8-10-17(22)11-9-16)19-20(26-13)23-14(2)24(21(19)25)12-15-6-4-3-5-7-15/h3-11H,12H2,1-2H3. The minimum atomic E-state index is -0.290. The summed E-state index contributed by atoms with van der Waals surface area (Å²) in [6.07, 6.45) is 0. The zero-order chi connectivity index (χ0) is 18.3. The Morgan fingerprint density at radius 2 is 1.73 bits per heavy atom. The van der Waals surface area contributed by atoms with Crippen LogP contribution < -0.4 is 5.56 Å². The summed E-state index contributed by atoms with van der Waals surface area (Å²) < 4.78 is 15.0. The van der Waals surface area contributed by atoms with Crippen molar-refractivity contribution in [2.45, 2.75) is 20.4 Å². The predicted octanol–water partition coefficient (Wildman–Crippen LogP) is 4.93. The molecule has 0 N–H and O–H groups in total. The zero-order valence-corrected chi connectivity index (χ0v) is 15.3. The molecule has 0 aliphatic carbocycles. The van der Waals surface area contributed by atoms with E-state index in [0.29, 0.717) is 17.8 Å². The normalized spacial score (nSPS) is 11.2. The number of benzene rings is 2. The number of nitrogens with zero attached hydrogens (tertiary/aromatic N) is 2. The van der Waals surface area contributed by atoms with Gasteiger partial charge in [-0.3, -0.25) is 9.36 Å². The topological polar surface area (TPSA) is 34.9 Å². The molecule has 0 radical (unpaired) electrons. The summed E-state index contributed by atoms with van der Waals surface area (Å²) in [5.41, 5.74) is 2.68. The molecule has 130 valence electrons. The highest BCUT2D eigenvalue weighted by molar-refractivity contribution is 7.19. The van der Waals surface area contributed by atoms with E-state index < -0.39 is 0 Å². The van der Waals surface area contributed by atoms with Crippen LogP contribution in [0.25, 0.3) is 21.3 Å². The third-order valence-electron chi connectivity index (χ3n) is 4.50. The summed E-state index contributed by atoms with van der Waals surface area (Å²) in [5.74, 6) is 0.402. The molecule has 0 bridgehead atoms. The average molecular weight is 364 g/mol. The molecule has 0 spiro atoms. The molecule has 0 atom stereocenters. The molecular weight excluding hydrogens is 347 g/mol. The smallest absolute Gasteiger partial charge is 0.263 e. The van der Waals surface area contributed by atoms with Crippen molar-refractivity contribution >= 4 is 21.6 Å². The van der Waals surface area contributed by atoms with Crippen LogP contribution in [-0.4, -0.2) is 9.55 Å². The van der Waals surface area contributed by atoms with Crippen LogP contribution in [0.5, 0.6) is 0 Å². The number of aromatic nitrogens is 2. The lowest BCUT2D eigenvalue weighted by molar-refractivity contribution is 0.628. The number of fused-ring (bicyclic) bond motifs is 1. The van der Waals surface area contributed by atoms with Crippen LogP contribution >= 0.6 is 11.3 Å². The Morgan fingerprint density at radius 3 is 2.42 bits per heavy atom. The Morgan fingerprint density at radius 1 is 1.04 bits per heavy atom. The molecule has 4 aromatic rings. The van der Waals surface area contributed by atoms with E-state index in [-0.39, 0.29) is 11.4 Å². The van der Waals surface area contributed by atoms with Crippen molar-refractivity contribution in [3.8, 4) is 11.1 Å². The molecule has 0 fully saturated rings. The van der Waals surface area contributed by atoms with Crippen molar-refractivity contribution in [2.24, 2.45) is 0 Å². The Labute approximate surface area is 154 Å². The molecule has 2 aromatic carbocycles. The van der Waals surface area contributed by atoms with Gasteiger partial charge in [0.1, 0.15) is 16.5 Å². The highest BCUT2D eigenvalue weighted by Gasteiger charge is 2.18. The molecule has 5 heteroatoms. The molecule has 0 aliphatic heterocycles. The average Bonchev–Trinajstić information content (AvgIpc) is 2.96. The lowest BCUT2D eigenvalue weighted by Crippen LogP contribution is -2.24. The third-order valence-corrected chi connectivity index (χ3v) is 5.49. The molecule has 2 aromatic heterocycles. The van der Waals surface area contributed by atoms with E-state index in [1.165, 1.54) is 23.5 Å². The van der Waals surface area contributed by atoms with Gasteiger partial charge in [-0.05, 0) is 37.1 Å². The van der Waals surface area contributed by atoms with Gasteiger partial charge < -0.3 is 0 Å². The van der Waals surface area contributed by atoms with E-state index in [1.807, 2.05) is 44.2 Å². The van der Waals surface area contributed by atoms with Gasteiger partial charge in [0.15, 0.2) is 0 Å². The molecule has 0 saturated heterocycles. The van der Waals surface area contributed by atoms with Crippen LogP contribution in [0.3, 0.4) is 0 Å². The fourth-order valence-corrected chi connectivity index (χ4v) is 4.29. The predicted molar refractivity (Wildman–Crippen MR) is 104 cm³/mol. The van der Waals surface area contributed by atoms with Crippen LogP contribution in [-0.2, 0) is 6.54 Å². The maximum absolute atomic E-state index is 13.3. The maximum Gasteiger partial charge on any atom is 0.263 e. The lowest BCUT2D eigenvalue weighted by atomic mass is 10.0. The maximum atomic E-state index is 13.3. The number of hydrogen-bond donors (Lipinski definition) is 0. The molecule has 0 aliphatic rings. The van der Waals surface area contributed by atoms with Crippen LogP contribution in [0.15, 0.2) is 59.4 Å². The molecule has 26 heavy (non-hydrogen) atoms. The minimum Gasteiger partial charge on any atom is -0.292 e. The minimum absolute atomic E-state index is 0.0555. The van der Waals surface area contributed by atoms with Gasteiger partial charge >= 0.3 is 0 Å². The van der Waals surface area contributed by atoms with Crippen LogP contribution in [0.2, 0.25) is 0 Å². The Hall–Kier alpha value is -2.79. The highest BCUT2D eigenvalue weighted by Crippen LogP contribution is 2.35. The number of halogens is 1. The molecule has 4 rings (SSSR count). The van der Waals surface area contributed by atoms with E-state index in [2.05, 4.69) is 4.98 Å². The Kier molecular flexibility index (Phi) is 4.17. The summed E-state index contributed by atoms with van der Waals surface area (Å²) in [6, 6.07) is 16.1. The van der Waals surface area contributed by atoms with Gasteiger partial charge in [0.05, 0.1) is 11.9 Å². The molecular formula is C21H17FN2OS. The fourth-order valence-electron chi connectivity index (χ4n) is 3.21. The number of thiophene rings is 1. The van der Waals surface area contributed by atoms with E-state index in [0.717, 1.165) is 26.4 Å².